The molecule has 4 N–H and O–H groups in total. The van der Waals surface area contributed by atoms with Crippen LogP contribution in [0.3, 0.4) is 0 Å². The molecule has 30 heavy (non-hydrogen) atoms. The van der Waals surface area contributed by atoms with E-state index in [0.717, 1.165) is 11.3 Å². The van der Waals surface area contributed by atoms with Crippen molar-refractivity contribution in [3.63, 3.8) is 0 Å². The third-order valence-corrected chi connectivity index (χ3v) is 5.91. The number of carbonyl (C=O) groups excluding carboxylic acids is 1. The number of nitrogens with two attached hydrogens (primary N) is 1. The van der Waals surface area contributed by atoms with Crippen molar-refractivity contribution in [2.45, 2.75) is 6.73 Å². The maximum atomic E-state index is 13.1. The number of phosphoric ester groups is 1. The van der Waals surface area contributed by atoms with E-state index >= 15 is 0 Å². The Morgan fingerprint density at radius 1 is 1.30 bits per heavy atom. The number of rotatable bonds is 6. The van der Waals surface area contributed by atoms with E-state index in [1.165, 1.54) is 22.9 Å². The van der Waals surface area contributed by atoms with Gasteiger partial charge in [-0.1, -0.05) is 28.3 Å². The lowest BCUT2D eigenvalue weighted by molar-refractivity contribution is 0.103. The molecule has 0 radical (unpaired) electrons. The van der Waals surface area contributed by atoms with Crippen molar-refractivity contribution in [3.8, 4) is 11.6 Å². The lowest BCUT2D eigenvalue weighted by Gasteiger charge is -2.08. The molecule has 156 valence electrons. The molecule has 0 aliphatic rings. The van der Waals surface area contributed by atoms with E-state index in [1.54, 1.807) is 5.38 Å². The summed E-state index contributed by atoms with van der Waals surface area (Å²) in [5.41, 5.74) is 6.25. The summed E-state index contributed by atoms with van der Waals surface area (Å²) in [4.78, 5) is 35.3. The number of hydrogen-bond donors (Lipinski definition) is 3. The smallest absolute Gasteiger partial charge is 0.402 e. The number of ketones is 1. The lowest BCUT2D eigenvalue weighted by Crippen LogP contribution is -2.02. The Morgan fingerprint density at radius 2 is 2.03 bits per heavy atom. The molecule has 0 bridgehead atoms. The van der Waals surface area contributed by atoms with Gasteiger partial charge in [0.05, 0.1) is 21.1 Å². The van der Waals surface area contributed by atoms with Crippen molar-refractivity contribution in [3.05, 3.63) is 44.3 Å². The fourth-order valence-electron chi connectivity index (χ4n) is 2.64. The van der Waals surface area contributed by atoms with Crippen LogP contribution in [0, 0.1) is 0 Å². The van der Waals surface area contributed by atoms with Gasteiger partial charge >= 0.3 is 13.8 Å². The number of nitrogen functional groups attached to an aromatic ring is 1. The number of phosphoric acid groups is 1. The highest BCUT2D eigenvalue weighted by atomic mass is 35.5. The molecule has 0 saturated heterocycles. The molecular weight excluding hydrogens is 480 g/mol. The molecule has 11 nitrogen and oxygen atoms in total. The maximum Gasteiger partial charge on any atom is 0.471 e. The first-order valence-electron chi connectivity index (χ1n) is 7.90. The van der Waals surface area contributed by atoms with E-state index in [9.17, 15) is 9.36 Å². The number of fused-ring (bicyclic) bond motifs is 1. The Morgan fingerprint density at radius 3 is 2.70 bits per heavy atom. The monoisotopic (exact) mass is 489 g/mol. The van der Waals surface area contributed by atoms with Crippen LogP contribution in [0.4, 0.5) is 6.01 Å². The number of aromatic nitrogens is 4. The van der Waals surface area contributed by atoms with Gasteiger partial charge in [0, 0.05) is 17.0 Å². The minimum absolute atomic E-state index is 0.0649. The van der Waals surface area contributed by atoms with Gasteiger partial charge in [-0.05, 0) is 12.1 Å². The summed E-state index contributed by atoms with van der Waals surface area (Å²) >= 11 is 13.2. The largest absolute Gasteiger partial charge is 0.471 e. The molecule has 0 amide bonds. The zero-order valence-corrected chi connectivity index (χ0v) is 17.7. The van der Waals surface area contributed by atoms with Gasteiger partial charge in [-0.25, -0.2) is 9.55 Å². The maximum absolute atomic E-state index is 13.1. The molecule has 0 spiro atoms. The van der Waals surface area contributed by atoms with Crippen LogP contribution in [0.15, 0.2) is 28.1 Å². The zero-order chi connectivity index (χ0) is 21.6. The summed E-state index contributed by atoms with van der Waals surface area (Å²) in [5, 5.41) is 9.73. The molecule has 15 heteroatoms. The second-order valence-electron chi connectivity index (χ2n) is 5.86. The van der Waals surface area contributed by atoms with Gasteiger partial charge < -0.3 is 24.5 Å². The van der Waals surface area contributed by atoms with Crippen LogP contribution in [0.25, 0.3) is 22.5 Å². The Balaban J connectivity index is 1.76. The molecule has 3 aromatic heterocycles. The zero-order valence-electron chi connectivity index (χ0n) is 14.5. The minimum atomic E-state index is -4.74. The molecular formula is C15H10Cl2N5O6PS. The summed E-state index contributed by atoms with van der Waals surface area (Å²) in [6.45, 7) is -0.517. The van der Waals surface area contributed by atoms with Crippen LogP contribution in [0.1, 0.15) is 15.4 Å². The van der Waals surface area contributed by atoms with Gasteiger partial charge in [-0.2, -0.15) is 0 Å². The van der Waals surface area contributed by atoms with Crippen LogP contribution >= 0.6 is 42.4 Å². The van der Waals surface area contributed by atoms with Gasteiger partial charge in [-0.3, -0.25) is 9.32 Å². The van der Waals surface area contributed by atoms with Crippen molar-refractivity contribution in [1.82, 2.24) is 19.7 Å². The molecule has 4 aromatic rings. The molecule has 0 aliphatic heterocycles. The van der Waals surface area contributed by atoms with Crippen LogP contribution in [-0.4, -0.2) is 35.3 Å². The molecule has 0 saturated carbocycles. The highest BCUT2D eigenvalue weighted by Gasteiger charge is 2.23. The van der Waals surface area contributed by atoms with Crippen molar-refractivity contribution >= 4 is 65.1 Å². The Kier molecular flexibility index (Phi) is 5.41. The Labute approximate surface area is 181 Å². The summed E-state index contributed by atoms with van der Waals surface area (Å²) in [6, 6.07) is 2.81. The second-order valence-corrected chi connectivity index (χ2v) is 8.77. The average Bonchev–Trinajstić information content (AvgIpc) is 3.38. The molecule has 0 aliphatic carbocycles. The second kappa shape index (κ2) is 7.75. The van der Waals surface area contributed by atoms with Crippen molar-refractivity contribution in [1.29, 1.82) is 0 Å². The number of hydrogen-bond acceptors (Lipinski definition) is 9. The highest BCUT2D eigenvalue weighted by molar-refractivity contribution is 7.46. The van der Waals surface area contributed by atoms with Crippen LogP contribution < -0.4 is 5.73 Å². The predicted molar refractivity (Wildman–Crippen MR) is 108 cm³/mol. The standard InChI is InChI=1S/C15H10Cl2N5O6PS/c16-8-1-6-7(3-22(5-27-29(24,25)26)11(6)2-9(8)17)12(23)14-19-10(4-30-14)13-20-21-15(18)28-13/h1-4H,5H2,(H2,18,21)(H2,24,25,26). The fraction of sp³-hybridized carbons (Fsp3) is 0.0667. The van der Waals surface area contributed by atoms with Crippen molar-refractivity contribution < 1.29 is 28.1 Å². The summed E-state index contributed by atoms with van der Waals surface area (Å²) in [5.74, 6) is -0.396. The minimum Gasteiger partial charge on any atom is -0.402 e. The quantitative estimate of drug-likeness (QED) is 0.269. The third-order valence-electron chi connectivity index (χ3n) is 3.89. The Hall–Kier alpha value is -2.31. The van der Waals surface area contributed by atoms with E-state index < -0.39 is 20.3 Å². The van der Waals surface area contributed by atoms with E-state index in [0.29, 0.717) is 10.9 Å². The van der Waals surface area contributed by atoms with Crippen LogP contribution in [0.2, 0.25) is 10.0 Å². The van der Waals surface area contributed by atoms with E-state index in [2.05, 4.69) is 19.7 Å². The van der Waals surface area contributed by atoms with Crippen LogP contribution in [0.5, 0.6) is 0 Å². The number of thiazole rings is 1. The summed E-state index contributed by atoms with van der Waals surface area (Å²) < 4.78 is 22.0. The normalized spacial score (nSPS) is 12.0. The van der Waals surface area contributed by atoms with E-state index in [4.69, 9.17) is 43.1 Å². The SMILES string of the molecule is Nc1nnc(-c2csc(C(=O)c3cn(COP(=O)(O)O)c4cc(Cl)c(Cl)cc34)n2)o1. The van der Waals surface area contributed by atoms with Crippen LogP contribution in [-0.2, 0) is 15.8 Å². The Bertz CT molecular complexity index is 1330. The molecule has 0 fully saturated rings. The topological polar surface area (TPSA) is 167 Å². The highest BCUT2D eigenvalue weighted by Crippen LogP contribution is 2.38. The molecule has 4 rings (SSSR count). The average molecular weight is 490 g/mol. The van der Waals surface area contributed by atoms with Gasteiger partial charge in [0.2, 0.25) is 5.78 Å². The fourth-order valence-corrected chi connectivity index (χ4v) is 3.98. The first kappa shape index (κ1) is 20.9. The number of benzene rings is 1. The molecule has 0 unspecified atom stereocenters. The van der Waals surface area contributed by atoms with Gasteiger partial charge in [-0.15, -0.1) is 16.4 Å². The summed E-state index contributed by atoms with van der Waals surface area (Å²) in [7, 11) is -4.74. The molecule has 3 heterocycles. The third kappa shape index (κ3) is 4.12. The van der Waals surface area contributed by atoms with Gasteiger partial charge in [0.15, 0.2) is 5.01 Å². The van der Waals surface area contributed by atoms with Gasteiger partial charge in [0.1, 0.15) is 12.4 Å². The number of carbonyl (C=O) groups is 1. The van der Waals surface area contributed by atoms with Gasteiger partial charge in [0.25, 0.3) is 5.89 Å². The van der Waals surface area contributed by atoms with Crippen molar-refractivity contribution in [2.75, 3.05) is 5.73 Å². The number of halogens is 2. The lowest BCUT2D eigenvalue weighted by atomic mass is 10.1. The number of anilines is 1. The number of nitrogens with zero attached hydrogens (tertiary/aromatic N) is 4. The predicted octanol–water partition coefficient (Wildman–Crippen LogP) is 3.33. The first-order chi connectivity index (χ1) is 14.1. The summed E-state index contributed by atoms with van der Waals surface area (Å²) in [6.07, 6.45) is 1.38. The van der Waals surface area contributed by atoms with Crippen molar-refractivity contribution in [2.24, 2.45) is 0 Å². The molecule has 1 aromatic carbocycles. The first-order valence-corrected chi connectivity index (χ1v) is 11.1. The van der Waals surface area contributed by atoms with E-state index in [-0.39, 0.29) is 38.2 Å². The molecule has 0 atom stereocenters. The van der Waals surface area contributed by atoms with E-state index in [1.807, 2.05) is 0 Å².